The number of benzene rings is 2. The van der Waals surface area contributed by atoms with E-state index in [0.717, 1.165) is 11.9 Å². The van der Waals surface area contributed by atoms with Crippen LogP contribution in [0.3, 0.4) is 0 Å². The first kappa shape index (κ1) is 19.7. The Morgan fingerprint density at radius 1 is 0.967 bits per heavy atom. The van der Waals surface area contributed by atoms with Gasteiger partial charge in [-0.2, -0.15) is 23.4 Å². The maximum absolute atomic E-state index is 13.7. The van der Waals surface area contributed by atoms with Crippen molar-refractivity contribution < 1.29 is 18.0 Å². The molecule has 1 N–H and O–H groups in total. The van der Waals surface area contributed by atoms with E-state index in [2.05, 4.69) is 15.5 Å². The highest BCUT2D eigenvalue weighted by Gasteiger charge is 2.40. The van der Waals surface area contributed by atoms with Crippen molar-refractivity contribution in [1.29, 1.82) is 0 Å². The lowest BCUT2D eigenvalue weighted by Crippen LogP contribution is -2.21. The number of amides is 1. The number of hydrogen-bond acceptors (Lipinski definition) is 3. The maximum Gasteiger partial charge on any atom is 0.434 e. The van der Waals surface area contributed by atoms with Gasteiger partial charge in [-0.3, -0.25) is 4.79 Å². The molecule has 0 aliphatic carbocycles. The number of carbonyl (C=O) groups is 1. The first-order chi connectivity index (χ1) is 14.3. The first-order valence-corrected chi connectivity index (χ1v) is 9.04. The number of hydrogen-bond donors (Lipinski definition) is 1. The third kappa shape index (κ3) is 3.92. The highest BCUT2D eigenvalue weighted by atomic mass is 35.5. The van der Waals surface area contributed by atoms with Crippen LogP contribution in [0.25, 0.3) is 11.4 Å². The standard InChI is InChI=1S/C20H13ClF3N5O/c21-13-6-8-15(9-7-13)29-18(20(22,23)24)16(12-25-29)19(30)26-17-10-11-28(27-17)14-4-2-1-3-5-14/h1-12H,(H,26,27,30). The molecule has 30 heavy (non-hydrogen) atoms. The van der Waals surface area contributed by atoms with Crippen molar-refractivity contribution in [3.63, 3.8) is 0 Å². The normalized spacial score (nSPS) is 11.5. The fourth-order valence-electron chi connectivity index (χ4n) is 2.86. The summed E-state index contributed by atoms with van der Waals surface area (Å²) in [7, 11) is 0. The minimum atomic E-state index is -4.81. The van der Waals surface area contributed by atoms with E-state index in [-0.39, 0.29) is 11.5 Å². The molecule has 0 radical (unpaired) electrons. The average Bonchev–Trinajstić information content (AvgIpc) is 3.36. The Morgan fingerprint density at radius 3 is 2.33 bits per heavy atom. The number of nitrogens with one attached hydrogen (secondary N) is 1. The van der Waals surface area contributed by atoms with E-state index in [4.69, 9.17) is 11.6 Å². The predicted molar refractivity (Wildman–Crippen MR) is 105 cm³/mol. The van der Waals surface area contributed by atoms with Gasteiger partial charge in [-0.05, 0) is 36.4 Å². The summed E-state index contributed by atoms with van der Waals surface area (Å²) in [6.07, 6.45) is -2.35. The fraction of sp³-hybridized carbons (Fsp3) is 0.0500. The molecule has 0 bridgehead atoms. The van der Waals surface area contributed by atoms with Gasteiger partial charge in [0.2, 0.25) is 0 Å². The smallest absolute Gasteiger partial charge is 0.305 e. The molecule has 0 spiro atoms. The zero-order valence-corrected chi connectivity index (χ0v) is 15.9. The minimum absolute atomic E-state index is 0.108. The van der Waals surface area contributed by atoms with Gasteiger partial charge in [0.25, 0.3) is 5.91 Å². The van der Waals surface area contributed by atoms with Gasteiger partial charge in [0.15, 0.2) is 11.5 Å². The van der Waals surface area contributed by atoms with Crippen LogP contribution in [-0.2, 0) is 6.18 Å². The summed E-state index contributed by atoms with van der Waals surface area (Å²) >= 11 is 5.80. The zero-order chi connectivity index (χ0) is 21.3. The number of halogens is 4. The van der Waals surface area contributed by atoms with Crippen LogP contribution in [0.15, 0.2) is 73.1 Å². The van der Waals surface area contributed by atoms with Crippen LogP contribution < -0.4 is 5.32 Å². The van der Waals surface area contributed by atoms with Gasteiger partial charge in [0, 0.05) is 17.3 Å². The average molecular weight is 432 g/mol. The second-order valence-corrected chi connectivity index (χ2v) is 6.66. The Labute approximate surface area is 173 Å². The summed E-state index contributed by atoms with van der Waals surface area (Å²) in [4.78, 5) is 12.6. The van der Waals surface area contributed by atoms with E-state index >= 15 is 0 Å². The molecule has 0 aliphatic heterocycles. The molecular weight excluding hydrogens is 419 g/mol. The number of aromatic nitrogens is 4. The predicted octanol–water partition coefficient (Wildman–Crippen LogP) is 4.98. The van der Waals surface area contributed by atoms with Gasteiger partial charge in [-0.1, -0.05) is 29.8 Å². The van der Waals surface area contributed by atoms with Gasteiger partial charge < -0.3 is 5.32 Å². The molecule has 0 unspecified atom stereocenters. The van der Waals surface area contributed by atoms with Crippen LogP contribution in [-0.4, -0.2) is 25.5 Å². The molecule has 0 saturated heterocycles. The highest BCUT2D eigenvalue weighted by Crippen LogP contribution is 2.34. The molecule has 2 aromatic carbocycles. The van der Waals surface area contributed by atoms with Crippen LogP contribution in [0.4, 0.5) is 19.0 Å². The van der Waals surface area contributed by atoms with Gasteiger partial charge in [-0.15, -0.1) is 0 Å². The fourth-order valence-corrected chi connectivity index (χ4v) is 2.99. The van der Waals surface area contributed by atoms with Gasteiger partial charge in [0.05, 0.1) is 23.1 Å². The molecule has 0 atom stereocenters. The van der Waals surface area contributed by atoms with Crippen LogP contribution in [0, 0.1) is 0 Å². The first-order valence-electron chi connectivity index (χ1n) is 8.66. The third-order valence-corrected chi connectivity index (χ3v) is 4.46. The van der Waals surface area contributed by atoms with Crippen molar-refractivity contribution in [2.45, 2.75) is 6.18 Å². The topological polar surface area (TPSA) is 64.7 Å². The van der Waals surface area contributed by atoms with Crippen molar-refractivity contribution in [3.8, 4) is 11.4 Å². The van der Waals surface area contributed by atoms with Crippen LogP contribution in [0.2, 0.25) is 5.02 Å². The van der Waals surface area contributed by atoms with Crippen LogP contribution >= 0.6 is 11.6 Å². The lowest BCUT2D eigenvalue weighted by molar-refractivity contribution is -0.143. The summed E-state index contributed by atoms with van der Waals surface area (Å²) in [5.41, 5.74) is -0.944. The molecule has 2 heterocycles. The number of carbonyl (C=O) groups excluding carboxylic acids is 1. The van der Waals surface area contributed by atoms with Crippen molar-refractivity contribution in [2.24, 2.45) is 0 Å². The lowest BCUT2D eigenvalue weighted by Gasteiger charge is -2.12. The Balaban J connectivity index is 1.65. The molecule has 152 valence electrons. The van der Waals surface area contributed by atoms with Gasteiger partial charge in [-0.25, -0.2) is 9.36 Å². The third-order valence-electron chi connectivity index (χ3n) is 4.20. The summed E-state index contributed by atoms with van der Waals surface area (Å²) in [6, 6.07) is 16.2. The Kier molecular flexibility index (Phi) is 5.04. The van der Waals surface area contributed by atoms with Crippen molar-refractivity contribution >= 4 is 23.3 Å². The van der Waals surface area contributed by atoms with E-state index in [0.29, 0.717) is 9.70 Å². The minimum Gasteiger partial charge on any atom is -0.305 e. The lowest BCUT2D eigenvalue weighted by atomic mass is 10.2. The molecule has 1 amide bonds. The Morgan fingerprint density at radius 2 is 1.67 bits per heavy atom. The Hall–Kier alpha value is -3.59. The van der Waals surface area contributed by atoms with Crippen molar-refractivity contribution in [1.82, 2.24) is 19.6 Å². The van der Waals surface area contributed by atoms with Gasteiger partial charge in [0.1, 0.15) is 0 Å². The second kappa shape index (κ2) is 7.68. The largest absolute Gasteiger partial charge is 0.434 e. The number of rotatable bonds is 4. The van der Waals surface area contributed by atoms with E-state index in [1.54, 1.807) is 18.3 Å². The Bertz CT molecular complexity index is 1180. The van der Waals surface area contributed by atoms with E-state index in [9.17, 15) is 18.0 Å². The molecule has 0 aliphatic rings. The zero-order valence-electron chi connectivity index (χ0n) is 15.1. The monoisotopic (exact) mass is 431 g/mol. The SMILES string of the molecule is O=C(Nc1ccn(-c2ccccc2)n1)c1cnn(-c2ccc(Cl)cc2)c1C(F)(F)F. The summed E-state index contributed by atoms with van der Waals surface area (Å²) in [6.45, 7) is 0. The highest BCUT2D eigenvalue weighted by molar-refractivity contribution is 6.30. The molecule has 4 aromatic rings. The molecular formula is C20H13ClF3N5O. The second-order valence-electron chi connectivity index (χ2n) is 6.23. The number of alkyl halides is 3. The molecule has 2 aromatic heterocycles. The molecule has 10 heteroatoms. The van der Waals surface area contributed by atoms with E-state index < -0.39 is 23.3 Å². The molecule has 0 saturated carbocycles. The number of nitrogens with zero attached hydrogens (tertiary/aromatic N) is 4. The van der Waals surface area contributed by atoms with Crippen molar-refractivity contribution in [2.75, 3.05) is 5.32 Å². The number of para-hydroxylation sites is 1. The maximum atomic E-state index is 13.7. The summed E-state index contributed by atoms with van der Waals surface area (Å²) in [5, 5.41) is 10.7. The van der Waals surface area contributed by atoms with E-state index in [1.165, 1.54) is 35.0 Å². The van der Waals surface area contributed by atoms with Crippen LogP contribution in [0.5, 0.6) is 0 Å². The van der Waals surface area contributed by atoms with Gasteiger partial charge >= 0.3 is 6.18 Å². The van der Waals surface area contributed by atoms with Crippen molar-refractivity contribution in [3.05, 3.63) is 89.3 Å². The summed E-state index contributed by atoms with van der Waals surface area (Å²) < 4.78 is 43.4. The molecule has 6 nitrogen and oxygen atoms in total. The quantitative estimate of drug-likeness (QED) is 0.495. The molecule has 0 fully saturated rings. The van der Waals surface area contributed by atoms with E-state index in [1.807, 2.05) is 18.2 Å². The summed E-state index contributed by atoms with van der Waals surface area (Å²) in [5.74, 6) is -0.864. The van der Waals surface area contributed by atoms with Crippen LogP contribution in [0.1, 0.15) is 16.1 Å². The number of anilines is 1. The molecule has 4 rings (SSSR count).